The average Bonchev–Trinajstić information content (AvgIpc) is 2.37. The normalized spacial score (nSPS) is 46.5. The van der Waals surface area contributed by atoms with Crippen molar-refractivity contribution < 1.29 is 14.9 Å². The lowest BCUT2D eigenvalue weighted by Crippen LogP contribution is -2.49. The number of likely N-dealkylation sites (tertiary alicyclic amines) is 1. The van der Waals surface area contributed by atoms with Crippen LogP contribution in [0.2, 0.25) is 0 Å². The number of hydrogen-bond donors (Lipinski definition) is 2. The first kappa shape index (κ1) is 8.72. The van der Waals surface area contributed by atoms with E-state index < -0.39 is 5.79 Å². The molecule has 2 rings (SSSR count). The first-order chi connectivity index (χ1) is 5.52. The maximum atomic E-state index is 9.48. The van der Waals surface area contributed by atoms with E-state index in [-0.39, 0.29) is 24.1 Å². The SMILES string of the molecule is CN1C[C@H](Cl)[C@H]2OCC(O)(O)[C@H]21. The molecule has 2 N–H and O–H groups in total. The Morgan fingerprint density at radius 1 is 1.58 bits per heavy atom. The van der Waals surface area contributed by atoms with Gasteiger partial charge < -0.3 is 14.9 Å². The van der Waals surface area contributed by atoms with Crippen LogP contribution in [-0.2, 0) is 4.74 Å². The van der Waals surface area contributed by atoms with Crippen LogP contribution in [0.15, 0.2) is 0 Å². The van der Waals surface area contributed by atoms with Gasteiger partial charge in [0.05, 0.1) is 17.5 Å². The maximum Gasteiger partial charge on any atom is 0.205 e. The van der Waals surface area contributed by atoms with E-state index in [2.05, 4.69) is 0 Å². The molecule has 2 aliphatic rings. The maximum absolute atomic E-state index is 9.48. The van der Waals surface area contributed by atoms with Gasteiger partial charge in [0.15, 0.2) is 0 Å². The molecule has 2 saturated heterocycles. The van der Waals surface area contributed by atoms with Gasteiger partial charge in [-0.2, -0.15) is 0 Å². The first-order valence-corrected chi connectivity index (χ1v) is 4.37. The monoisotopic (exact) mass is 193 g/mol. The van der Waals surface area contributed by atoms with Crippen LogP contribution in [0.4, 0.5) is 0 Å². The van der Waals surface area contributed by atoms with Crippen molar-refractivity contribution in [3.05, 3.63) is 0 Å². The van der Waals surface area contributed by atoms with Gasteiger partial charge >= 0.3 is 0 Å². The minimum atomic E-state index is -1.73. The van der Waals surface area contributed by atoms with Gasteiger partial charge in [-0.3, -0.25) is 4.90 Å². The number of rotatable bonds is 0. The number of nitrogens with zero attached hydrogens (tertiary/aromatic N) is 1. The Labute approximate surface area is 75.7 Å². The molecule has 0 amide bonds. The van der Waals surface area contributed by atoms with Gasteiger partial charge in [-0.25, -0.2) is 0 Å². The van der Waals surface area contributed by atoms with Crippen molar-refractivity contribution in [3.63, 3.8) is 0 Å². The van der Waals surface area contributed by atoms with E-state index >= 15 is 0 Å². The molecule has 0 aromatic heterocycles. The largest absolute Gasteiger partial charge is 0.369 e. The molecular weight excluding hydrogens is 182 g/mol. The minimum Gasteiger partial charge on any atom is -0.369 e. The molecule has 2 fully saturated rings. The van der Waals surface area contributed by atoms with Gasteiger partial charge in [0.25, 0.3) is 0 Å². The lowest BCUT2D eigenvalue weighted by molar-refractivity contribution is -0.184. The summed E-state index contributed by atoms with van der Waals surface area (Å²) in [5.74, 6) is -1.73. The predicted molar refractivity (Wildman–Crippen MR) is 43.0 cm³/mol. The molecule has 3 atom stereocenters. The Bertz CT molecular complexity index is 199. The molecule has 0 aliphatic carbocycles. The summed E-state index contributed by atoms with van der Waals surface area (Å²) in [4.78, 5) is 1.83. The fourth-order valence-electron chi connectivity index (χ4n) is 2.06. The van der Waals surface area contributed by atoms with Crippen LogP contribution in [0.25, 0.3) is 0 Å². The summed E-state index contributed by atoms with van der Waals surface area (Å²) in [6.45, 7) is 0.593. The third kappa shape index (κ3) is 1.07. The second-order valence-corrected chi connectivity index (χ2v) is 4.12. The molecule has 2 heterocycles. The number of fused-ring (bicyclic) bond motifs is 1. The Morgan fingerprint density at radius 3 is 2.83 bits per heavy atom. The molecule has 0 radical (unpaired) electrons. The topological polar surface area (TPSA) is 52.9 Å². The van der Waals surface area contributed by atoms with E-state index in [0.717, 1.165) is 0 Å². The molecule has 0 aromatic rings. The highest BCUT2D eigenvalue weighted by Crippen LogP contribution is 2.35. The number of likely N-dealkylation sites (N-methyl/N-ethyl adjacent to an activating group) is 1. The number of alkyl halides is 1. The third-order valence-electron chi connectivity index (χ3n) is 2.57. The van der Waals surface area contributed by atoms with Gasteiger partial charge in [0, 0.05) is 6.54 Å². The molecule has 0 spiro atoms. The van der Waals surface area contributed by atoms with Crippen LogP contribution >= 0.6 is 11.6 Å². The van der Waals surface area contributed by atoms with Crippen LogP contribution in [-0.4, -0.2) is 58.6 Å². The Morgan fingerprint density at radius 2 is 2.25 bits per heavy atom. The molecule has 4 nitrogen and oxygen atoms in total. The van der Waals surface area contributed by atoms with Crippen molar-refractivity contribution in [2.75, 3.05) is 20.2 Å². The number of ether oxygens (including phenoxy) is 1. The Hall–Kier alpha value is 0.130. The van der Waals surface area contributed by atoms with E-state index in [4.69, 9.17) is 16.3 Å². The second kappa shape index (κ2) is 2.56. The molecule has 0 saturated carbocycles. The summed E-state index contributed by atoms with van der Waals surface area (Å²) in [5, 5.41) is 18.8. The van der Waals surface area contributed by atoms with Gasteiger partial charge in [-0.1, -0.05) is 0 Å². The highest BCUT2D eigenvalue weighted by molar-refractivity contribution is 6.21. The lowest BCUT2D eigenvalue weighted by Gasteiger charge is -2.26. The van der Waals surface area contributed by atoms with Gasteiger partial charge in [0.2, 0.25) is 5.79 Å². The molecule has 12 heavy (non-hydrogen) atoms. The van der Waals surface area contributed by atoms with E-state index in [1.807, 2.05) is 11.9 Å². The van der Waals surface area contributed by atoms with Crippen molar-refractivity contribution in [2.45, 2.75) is 23.3 Å². The summed E-state index contributed by atoms with van der Waals surface area (Å²) in [6, 6.07) is -0.375. The summed E-state index contributed by atoms with van der Waals surface area (Å²) in [5.41, 5.74) is 0. The highest BCUT2D eigenvalue weighted by atomic mass is 35.5. The van der Waals surface area contributed by atoms with Crippen molar-refractivity contribution in [1.29, 1.82) is 0 Å². The molecule has 0 aromatic carbocycles. The summed E-state index contributed by atoms with van der Waals surface area (Å²) in [7, 11) is 1.82. The first-order valence-electron chi connectivity index (χ1n) is 3.93. The zero-order valence-electron chi connectivity index (χ0n) is 6.77. The summed E-state index contributed by atoms with van der Waals surface area (Å²) in [6.07, 6.45) is -0.244. The van der Waals surface area contributed by atoms with E-state index in [1.54, 1.807) is 0 Å². The molecular formula is C7H12ClNO3. The standard InChI is InChI=1S/C7H12ClNO3/c1-9-2-4(8)5-6(9)7(10,11)3-12-5/h4-6,10-11H,2-3H2,1H3/t4-,5+,6-/m0/s1. The quantitative estimate of drug-likeness (QED) is 0.382. The van der Waals surface area contributed by atoms with Crippen molar-refractivity contribution in [3.8, 4) is 0 Å². The summed E-state index contributed by atoms with van der Waals surface area (Å²) >= 11 is 5.95. The Balaban J connectivity index is 2.23. The fourth-order valence-corrected chi connectivity index (χ4v) is 2.49. The second-order valence-electron chi connectivity index (χ2n) is 3.55. The van der Waals surface area contributed by atoms with Crippen LogP contribution < -0.4 is 0 Å². The fraction of sp³-hybridized carbons (Fsp3) is 1.00. The Kier molecular flexibility index (Phi) is 1.86. The summed E-state index contributed by atoms with van der Waals surface area (Å²) < 4.78 is 5.20. The molecule has 0 bridgehead atoms. The zero-order valence-corrected chi connectivity index (χ0v) is 7.53. The van der Waals surface area contributed by atoms with Crippen molar-refractivity contribution in [2.24, 2.45) is 0 Å². The van der Waals surface area contributed by atoms with Crippen LogP contribution in [0, 0.1) is 0 Å². The molecule has 70 valence electrons. The van der Waals surface area contributed by atoms with Gasteiger partial charge in [-0.05, 0) is 7.05 Å². The zero-order chi connectivity index (χ0) is 8.93. The van der Waals surface area contributed by atoms with Crippen molar-refractivity contribution in [1.82, 2.24) is 4.90 Å². The minimum absolute atomic E-state index is 0.0457. The van der Waals surface area contributed by atoms with E-state index in [0.29, 0.717) is 6.54 Å². The number of hydrogen-bond acceptors (Lipinski definition) is 4. The van der Waals surface area contributed by atoms with Crippen LogP contribution in [0.3, 0.4) is 0 Å². The molecule has 2 aliphatic heterocycles. The number of halogens is 1. The van der Waals surface area contributed by atoms with Crippen LogP contribution in [0.1, 0.15) is 0 Å². The predicted octanol–water partition coefficient (Wildman–Crippen LogP) is -1.01. The smallest absolute Gasteiger partial charge is 0.205 e. The average molecular weight is 194 g/mol. The molecule has 5 heteroatoms. The van der Waals surface area contributed by atoms with Gasteiger partial charge in [-0.15, -0.1) is 11.6 Å². The van der Waals surface area contributed by atoms with Gasteiger partial charge in [0.1, 0.15) is 6.61 Å². The van der Waals surface area contributed by atoms with Crippen molar-refractivity contribution >= 4 is 11.6 Å². The number of aliphatic hydroxyl groups is 2. The van der Waals surface area contributed by atoms with Crippen LogP contribution in [0.5, 0.6) is 0 Å². The van der Waals surface area contributed by atoms with E-state index in [1.165, 1.54) is 0 Å². The third-order valence-corrected chi connectivity index (χ3v) is 2.95. The molecule has 0 unspecified atom stereocenters. The van der Waals surface area contributed by atoms with E-state index in [9.17, 15) is 10.2 Å². The highest BCUT2D eigenvalue weighted by Gasteiger charge is 2.56. The lowest BCUT2D eigenvalue weighted by atomic mass is 10.1.